The first-order valence-corrected chi connectivity index (χ1v) is 8.74. The van der Waals surface area contributed by atoms with Crippen molar-refractivity contribution in [2.75, 3.05) is 49.2 Å². The Hall–Kier alpha value is -1.96. The molecule has 1 saturated carbocycles. The molecule has 25 heavy (non-hydrogen) atoms. The summed E-state index contributed by atoms with van der Waals surface area (Å²) in [6.45, 7) is 7.82. The summed E-state index contributed by atoms with van der Waals surface area (Å²) >= 11 is 0. The Bertz CT molecular complexity index is 706. The number of halogens is 1. The minimum Gasteiger partial charge on any atom is -0.378 e. The molecule has 136 valence electrons. The Morgan fingerprint density at radius 1 is 1.36 bits per heavy atom. The first-order valence-electron chi connectivity index (χ1n) is 8.74. The molecule has 1 aromatic heterocycles. The van der Waals surface area contributed by atoms with Crippen molar-refractivity contribution >= 4 is 17.7 Å². The summed E-state index contributed by atoms with van der Waals surface area (Å²) < 4.78 is 19.6. The highest BCUT2D eigenvalue weighted by Crippen LogP contribution is 2.62. The second kappa shape index (κ2) is 5.52. The maximum absolute atomic E-state index is 14.2. The van der Waals surface area contributed by atoms with Crippen molar-refractivity contribution in [3.63, 3.8) is 0 Å². The van der Waals surface area contributed by atoms with Gasteiger partial charge >= 0.3 is 0 Å². The molecule has 1 amide bonds. The van der Waals surface area contributed by atoms with Crippen LogP contribution < -0.4 is 15.5 Å². The van der Waals surface area contributed by atoms with E-state index in [4.69, 9.17) is 10.5 Å². The van der Waals surface area contributed by atoms with Crippen LogP contribution in [-0.2, 0) is 9.53 Å². The van der Waals surface area contributed by atoms with Crippen molar-refractivity contribution in [3.05, 3.63) is 12.0 Å². The van der Waals surface area contributed by atoms with Crippen molar-refractivity contribution in [2.24, 2.45) is 22.5 Å². The smallest absolute Gasteiger partial charge is 0.227 e. The number of amides is 1. The van der Waals surface area contributed by atoms with Gasteiger partial charge in [-0.25, -0.2) is 9.37 Å². The van der Waals surface area contributed by atoms with Crippen molar-refractivity contribution in [1.82, 2.24) is 9.97 Å². The van der Waals surface area contributed by atoms with E-state index in [9.17, 15) is 9.18 Å². The van der Waals surface area contributed by atoms with Crippen molar-refractivity contribution in [3.8, 4) is 0 Å². The number of carbonyl (C=O) groups excluding carboxylic acids is 1. The van der Waals surface area contributed by atoms with E-state index in [0.717, 1.165) is 6.42 Å². The largest absolute Gasteiger partial charge is 0.378 e. The van der Waals surface area contributed by atoms with Crippen LogP contribution in [0.25, 0.3) is 0 Å². The molecular weight excluding hydrogens is 325 g/mol. The molecule has 1 aromatic rings. The van der Waals surface area contributed by atoms with E-state index in [2.05, 4.69) is 23.8 Å². The molecule has 0 spiro atoms. The molecule has 2 N–H and O–H groups in total. The molecule has 3 fully saturated rings. The van der Waals surface area contributed by atoms with E-state index in [-0.39, 0.29) is 17.2 Å². The van der Waals surface area contributed by atoms with Gasteiger partial charge in [0, 0.05) is 26.2 Å². The predicted molar refractivity (Wildman–Crippen MR) is 90.8 cm³/mol. The number of ether oxygens (including phenoxy) is 1. The fourth-order valence-corrected chi connectivity index (χ4v) is 4.88. The zero-order valence-electron chi connectivity index (χ0n) is 14.7. The van der Waals surface area contributed by atoms with Gasteiger partial charge in [0.1, 0.15) is 0 Å². The Morgan fingerprint density at radius 3 is 2.68 bits per heavy atom. The highest BCUT2D eigenvalue weighted by Gasteiger charge is 2.66. The number of carbonyl (C=O) groups is 1. The average Bonchev–Trinajstić information content (AvgIpc) is 2.92. The number of anilines is 2. The lowest BCUT2D eigenvalue weighted by Gasteiger charge is -2.54. The van der Waals surface area contributed by atoms with Crippen LogP contribution in [0.3, 0.4) is 0 Å². The summed E-state index contributed by atoms with van der Waals surface area (Å²) in [7, 11) is 0. The maximum Gasteiger partial charge on any atom is 0.227 e. The van der Waals surface area contributed by atoms with E-state index < -0.39 is 11.2 Å². The fraction of sp³-hybridized carbons (Fsp3) is 0.706. The number of morpholine rings is 1. The van der Waals surface area contributed by atoms with E-state index >= 15 is 0 Å². The standard InChI is InChI=1S/C17H24FN5O2/c1-16(2)9-17(14(19)24)10-23(8-12(16)17)15-20-7-11(18)13(21-15)22-3-5-25-6-4-22/h7,12H,3-6,8-10H2,1-2H3,(H2,19,24)/t12-,17+/m1/s1. The minimum atomic E-state index is -0.514. The number of rotatable bonds is 3. The Balaban J connectivity index is 1.62. The number of nitrogens with zero attached hydrogens (tertiary/aromatic N) is 4. The van der Waals surface area contributed by atoms with Gasteiger partial charge < -0.3 is 20.3 Å². The molecule has 2 atom stereocenters. The maximum atomic E-state index is 14.2. The van der Waals surface area contributed by atoms with Crippen LogP contribution in [0.4, 0.5) is 16.2 Å². The fourth-order valence-electron chi connectivity index (χ4n) is 4.88. The zero-order chi connectivity index (χ0) is 17.8. The van der Waals surface area contributed by atoms with E-state index in [1.807, 2.05) is 9.80 Å². The van der Waals surface area contributed by atoms with Crippen LogP contribution in [0.1, 0.15) is 20.3 Å². The molecule has 0 bridgehead atoms. The quantitative estimate of drug-likeness (QED) is 0.868. The summed E-state index contributed by atoms with van der Waals surface area (Å²) in [4.78, 5) is 24.6. The summed E-state index contributed by atoms with van der Waals surface area (Å²) in [5, 5.41) is 0. The summed E-state index contributed by atoms with van der Waals surface area (Å²) in [6, 6.07) is 0. The van der Waals surface area contributed by atoms with Crippen molar-refractivity contribution in [1.29, 1.82) is 0 Å². The molecule has 0 radical (unpaired) electrons. The van der Waals surface area contributed by atoms with E-state index in [1.54, 1.807) is 0 Å². The number of aromatic nitrogens is 2. The number of fused-ring (bicyclic) bond motifs is 1. The van der Waals surface area contributed by atoms with Crippen LogP contribution in [0.5, 0.6) is 0 Å². The molecule has 4 rings (SSSR count). The molecule has 3 aliphatic rings. The van der Waals surface area contributed by atoms with E-state index in [1.165, 1.54) is 6.20 Å². The predicted octanol–water partition coefficient (Wildman–Crippen LogP) is 0.790. The molecule has 8 heteroatoms. The second-order valence-corrected chi connectivity index (χ2v) is 8.06. The summed E-state index contributed by atoms with van der Waals surface area (Å²) in [5.41, 5.74) is 5.27. The van der Waals surface area contributed by atoms with Gasteiger partial charge in [0.05, 0.1) is 24.8 Å². The normalized spacial score (nSPS) is 30.8. The second-order valence-electron chi connectivity index (χ2n) is 8.06. The molecule has 0 aromatic carbocycles. The number of nitrogens with two attached hydrogens (primary N) is 1. The lowest BCUT2D eigenvalue weighted by molar-refractivity contribution is -0.148. The minimum absolute atomic E-state index is 0.0663. The first kappa shape index (κ1) is 16.5. The molecule has 1 aliphatic carbocycles. The van der Waals surface area contributed by atoms with Gasteiger partial charge in [-0.2, -0.15) is 4.98 Å². The average molecular weight is 349 g/mol. The van der Waals surface area contributed by atoms with Gasteiger partial charge in [0.15, 0.2) is 11.6 Å². The van der Waals surface area contributed by atoms with Crippen molar-refractivity contribution in [2.45, 2.75) is 20.3 Å². The molecule has 7 nitrogen and oxygen atoms in total. The summed E-state index contributed by atoms with van der Waals surface area (Å²) in [6.07, 6.45) is 1.99. The van der Waals surface area contributed by atoms with Gasteiger partial charge in [-0.3, -0.25) is 4.79 Å². The van der Waals surface area contributed by atoms with Crippen LogP contribution >= 0.6 is 0 Å². The van der Waals surface area contributed by atoms with Gasteiger partial charge in [0.25, 0.3) is 0 Å². The third-order valence-corrected chi connectivity index (χ3v) is 6.05. The lowest BCUT2D eigenvalue weighted by atomic mass is 9.48. The van der Waals surface area contributed by atoms with Crippen molar-refractivity contribution < 1.29 is 13.9 Å². The number of hydrogen-bond donors (Lipinski definition) is 1. The topological polar surface area (TPSA) is 84.6 Å². The highest BCUT2D eigenvalue weighted by molar-refractivity contribution is 5.84. The Kier molecular flexibility index (Phi) is 3.64. The molecule has 2 aliphatic heterocycles. The zero-order valence-corrected chi connectivity index (χ0v) is 14.7. The van der Waals surface area contributed by atoms with Crippen LogP contribution in [-0.4, -0.2) is 55.3 Å². The SMILES string of the molecule is CC1(C)C[C@]2(C(N)=O)CN(c3ncc(F)c(N4CCOCC4)n3)C[C@H]12. The third-order valence-electron chi connectivity index (χ3n) is 6.05. The van der Waals surface area contributed by atoms with Crippen LogP contribution in [0, 0.1) is 22.6 Å². The molecular formula is C17H24FN5O2. The molecule has 2 saturated heterocycles. The third kappa shape index (κ3) is 2.46. The van der Waals surface area contributed by atoms with Gasteiger partial charge in [-0.15, -0.1) is 0 Å². The number of primary amides is 1. The molecule has 0 unspecified atom stereocenters. The van der Waals surface area contributed by atoms with Gasteiger partial charge in [-0.1, -0.05) is 13.8 Å². The van der Waals surface area contributed by atoms with Crippen LogP contribution in [0.2, 0.25) is 0 Å². The summed E-state index contributed by atoms with van der Waals surface area (Å²) in [5.74, 6) is 0.263. The van der Waals surface area contributed by atoms with Crippen LogP contribution in [0.15, 0.2) is 6.20 Å². The number of hydrogen-bond acceptors (Lipinski definition) is 6. The van der Waals surface area contributed by atoms with E-state index in [0.29, 0.717) is 51.2 Å². The monoisotopic (exact) mass is 349 g/mol. The van der Waals surface area contributed by atoms with Gasteiger partial charge in [0.2, 0.25) is 11.9 Å². The lowest BCUT2D eigenvalue weighted by Crippen LogP contribution is -2.59. The molecule has 3 heterocycles. The Labute approximate surface area is 146 Å². The Morgan fingerprint density at radius 2 is 2.08 bits per heavy atom. The first-order chi connectivity index (χ1) is 11.8. The highest BCUT2D eigenvalue weighted by atomic mass is 19.1. The van der Waals surface area contributed by atoms with Gasteiger partial charge in [-0.05, 0) is 17.8 Å².